The second-order valence-corrected chi connectivity index (χ2v) is 9.53. The number of rotatable bonds is 5. The second-order valence-electron chi connectivity index (χ2n) is 7.59. The summed E-state index contributed by atoms with van der Waals surface area (Å²) in [5.74, 6) is 0.375. The Balaban J connectivity index is 1.82. The Morgan fingerprint density at radius 3 is 2.32 bits per heavy atom. The summed E-state index contributed by atoms with van der Waals surface area (Å²) < 4.78 is 27.3. The van der Waals surface area contributed by atoms with E-state index in [0.29, 0.717) is 30.3 Å². The lowest BCUT2D eigenvalue weighted by Crippen LogP contribution is -2.38. The lowest BCUT2D eigenvalue weighted by atomic mass is 10.0. The molecule has 2 heterocycles. The molecule has 1 aromatic carbocycles. The first kappa shape index (κ1) is 20.5. The molecule has 0 N–H and O–H groups in total. The van der Waals surface area contributed by atoms with Gasteiger partial charge in [-0.3, -0.25) is 9.78 Å². The first-order valence-corrected chi connectivity index (χ1v) is 11.1. The van der Waals surface area contributed by atoms with E-state index in [2.05, 4.69) is 11.9 Å². The molecule has 0 spiro atoms. The van der Waals surface area contributed by atoms with Gasteiger partial charge in [0, 0.05) is 30.9 Å². The molecule has 3 rings (SSSR count). The van der Waals surface area contributed by atoms with E-state index in [1.807, 2.05) is 19.9 Å². The molecular weight excluding hydrogens is 374 g/mol. The maximum Gasteiger partial charge on any atom is 0.258 e. The number of carbonyl (C=O) groups is 1. The Hall–Kier alpha value is -2.25. The van der Waals surface area contributed by atoms with Crippen LogP contribution < -0.4 is 4.90 Å². The van der Waals surface area contributed by atoms with Crippen LogP contribution in [-0.4, -0.2) is 42.7 Å². The molecule has 1 aromatic heterocycles. The van der Waals surface area contributed by atoms with E-state index in [-0.39, 0.29) is 16.8 Å². The Kier molecular flexibility index (Phi) is 6.15. The second kappa shape index (κ2) is 8.41. The van der Waals surface area contributed by atoms with Gasteiger partial charge in [-0.25, -0.2) is 8.42 Å². The van der Waals surface area contributed by atoms with Crippen molar-refractivity contribution in [2.24, 2.45) is 5.92 Å². The van der Waals surface area contributed by atoms with Crippen molar-refractivity contribution in [2.75, 3.05) is 18.0 Å². The van der Waals surface area contributed by atoms with Crippen molar-refractivity contribution in [1.29, 1.82) is 0 Å². The number of nitrogens with zero attached hydrogens (tertiary/aromatic N) is 3. The van der Waals surface area contributed by atoms with Crippen LogP contribution in [0.25, 0.3) is 0 Å². The molecule has 1 aliphatic rings. The number of benzene rings is 1. The Bertz CT molecular complexity index is 904. The van der Waals surface area contributed by atoms with Crippen LogP contribution in [0.2, 0.25) is 0 Å². The zero-order chi connectivity index (χ0) is 20.3. The van der Waals surface area contributed by atoms with Gasteiger partial charge in [0.15, 0.2) is 0 Å². The standard InChI is InChI=1S/C21H27N3O3S/c1-16(2)24(19-5-4-12-22-15-19)21(25)18-6-8-20(9-7-18)28(26,27)23-13-10-17(3)11-14-23/h4-9,12,15-17H,10-11,13-14H2,1-3H3. The largest absolute Gasteiger partial charge is 0.304 e. The van der Waals surface area contributed by atoms with Gasteiger partial charge < -0.3 is 4.90 Å². The maximum absolute atomic E-state index is 13.0. The van der Waals surface area contributed by atoms with Gasteiger partial charge in [-0.1, -0.05) is 6.92 Å². The Morgan fingerprint density at radius 1 is 1.14 bits per heavy atom. The third-order valence-electron chi connectivity index (χ3n) is 5.14. The minimum atomic E-state index is -3.52. The molecule has 0 atom stereocenters. The van der Waals surface area contributed by atoms with Crippen molar-refractivity contribution >= 4 is 21.6 Å². The van der Waals surface area contributed by atoms with Crippen LogP contribution in [0.4, 0.5) is 5.69 Å². The van der Waals surface area contributed by atoms with Crippen LogP contribution >= 0.6 is 0 Å². The average Bonchev–Trinajstić information content (AvgIpc) is 2.69. The molecule has 2 aromatic rings. The fourth-order valence-corrected chi connectivity index (χ4v) is 4.90. The molecule has 0 unspecified atom stereocenters. The van der Waals surface area contributed by atoms with Gasteiger partial charge in [-0.2, -0.15) is 4.31 Å². The van der Waals surface area contributed by atoms with Crippen molar-refractivity contribution in [3.8, 4) is 0 Å². The number of aromatic nitrogens is 1. The molecule has 0 saturated carbocycles. The van der Waals surface area contributed by atoms with Crippen LogP contribution in [0.3, 0.4) is 0 Å². The summed E-state index contributed by atoms with van der Waals surface area (Å²) in [4.78, 5) is 19.0. The average molecular weight is 402 g/mol. The molecule has 28 heavy (non-hydrogen) atoms. The zero-order valence-electron chi connectivity index (χ0n) is 16.6. The van der Waals surface area contributed by atoms with Gasteiger partial charge in [0.2, 0.25) is 10.0 Å². The van der Waals surface area contributed by atoms with Gasteiger partial charge in [0.05, 0.1) is 16.8 Å². The number of pyridine rings is 1. The smallest absolute Gasteiger partial charge is 0.258 e. The van der Waals surface area contributed by atoms with Crippen LogP contribution in [-0.2, 0) is 10.0 Å². The van der Waals surface area contributed by atoms with E-state index < -0.39 is 10.0 Å². The van der Waals surface area contributed by atoms with Gasteiger partial charge in [0.1, 0.15) is 0 Å². The number of carbonyl (C=O) groups excluding carboxylic acids is 1. The van der Waals surface area contributed by atoms with Gasteiger partial charge in [-0.05, 0) is 69.0 Å². The summed E-state index contributed by atoms with van der Waals surface area (Å²) >= 11 is 0. The molecule has 0 aliphatic carbocycles. The van der Waals surface area contributed by atoms with Gasteiger partial charge in [-0.15, -0.1) is 0 Å². The number of hydrogen-bond acceptors (Lipinski definition) is 4. The molecule has 6 nitrogen and oxygen atoms in total. The Morgan fingerprint density at radius 2 is 1.79 bits per heavy atom. The molecule has 1 amide bonds. The van der Waals surface area contributed by atoms with Crippen molar-refractivity contribution < 1.29 is 13.2 Å². The lowest BCUT2D eigenvalue weighted by Gasteiger charge is -2.29. The quantitative estimate of drug-likeness (QED) is 0.768. The lowest BCUT2D eigenvalue weighted by molar-refractivity contribution is 0.0980. The first-order valence-electron chi connectivity index (χ1n) is 9.64. The minimum Gasteiger partial charge on any atom is -0.304 e. The third kappa shape index (κ3) is 4.25. The van der Waals surface area contributed by atoms with Crippen LogP contribution in [0.15, 0.2) is 53.7 Å². The maximum atomic E-state index is 13.0. The van der Waals surface area contributed by atoms with E-state index in [9.17, 15) is 13.2 Å². The molecule has 7 heteroatoms. The zero-order valence-corrected chi connectivity index (χ0v) is 17.4. The van der Waals surface area contributed by atoms with Crippen LogP contribution in [0.5, 0.6) is 0 Å². The predicted molar refractivity (Wildman–Crippen MR) is 110 cm³/mol. The Labute approximate surface area is 167 Å². The predicted octanol–water partition coefficient (Wildman–Crippen LogP) is 3.56. The highest BCUT2D eigenvalue weighted by atomic mass is 32.2. The fraction of sp³-hybridized carbons (Fsp3) is 0.429. The summed E-state index contributed by atoms with van der Waals surface area (Å²) in [6.07, 6.45) is 5.07. The van der Waals surface area contributed by atoms with E-state index in [4.69, 9.17) is 0 Å². The summed E-state index contributed by atoms with van der Waals surface area (Å²) in [6, 6.07) is 9.80. The van der Waals surface area contributed by atoms with E-state index in [1.165, 1.54) is 12.1 Å². The molecule has 0 bridgehead atoms. The molecule has 1 saturated heterocycles. The number of sulfonamides is 1. The highest BCUT2D eigenvalue weighted by molar-refractivity contribution is 7.89. The SMILES string of the molecule is CC1CCN(S(=O)(=O)c2ccc(C(=O)N(c3cccnc3)C(C)C)cc2)CC1. The molecule has 1 fully saturated rings. The molecule has 150 valence electrons. The molecule has 0 radical (unpaired) electrons. The first-order chi connectivity index (χ1) is 13.3. The summed E-state index contributed by atoms with van der Waals surface area (Å²) in [5, 5.41) is 0. The monoisotopic (exact) mass is 401 g/mol. The number of anilines is 1. The van der Waals surface area contributed by atoms with Gasteiger partial charge in [0.25, 0.3) is 5.91 Å². The topological polar surface area (TPSA) is 70.6 Å². The van der Waals surface area contributed by atoms with Crippen molar-refractivity contribution in [2.45, 2.75) is 44.6 Å². The number of piperidine rings is 1. The normalized spacial score (nSPS) is 16.3. The highest BCUT2D eigenvalue weighted by Gasteiger charge is 2.28. The van der Waals surface area contributed by atoms with Crippen molar-refractivity contribution in [3.05, 3.63) is 54.4 Å². The third-order valence-corrected chi connectivity index (χ3v) is 7.05. The minimum absolute atomic E-state index is 0.0598. The van der Waals surface area contributed by atoms with Crippen LogP contribution in [0, 0.1) is 5.92 Å². The molecule has 1 aliphatic heterocycles. The van der Waals surface area contributed by atoms with Crippen LogP contribution in [0.1, 0.15) is 44.0 Å². The van der Waals surface area contributed by atoms with E-state index in [0.717, 1.165) is 12.8 Å². The summed E-state index contributed by atoms with van der Waals surface area (Å²) in [6.45, 7) is 7.11. The summed E-state index contributed by atoms with van der Waals surface area (Å²) in [7, 11) is -3.52. The van der Waals surface area contributed by atoms with E-state index in [1.54, 1.807) is 39.8 Å². The number of amides is 1. The van der Waals surface area contributed by atoms with Gasteiger partial charge >= 0.3 is 0 Å². The van der Waals surface area contributed by atoms with Crippen molar-refractivity contribution in [3.63, 3.8) is 0 Å². The van der Waals surface area contributed by atoms with Crippen molar-refractivity contribution in [1.82, 2.24) is 9.29 Å². The highest BCUT2D eigenvalue weighted by Crippen LogP contribution is 2.25. The fourth-order valence-electron chi connectivity index (χ4n) is 3.43. The summed E-state index contributed by atoms with van der Waals surface area (Å²) in [5.41, 5.74) is 1.16. The number of hydrogen-bond donors (Lipinski definition) is 0. The molecular formula is C21H27N3O3S. The van der Waals surface area contributed by atoms with E-state index >= 15 is 0 Å².